The Bertz CT molecular complexity index is 455. The molecule has 0 aromatic heterocycles. The van der Waals surface area contributed by atoms with Gasteiger partial charge in [0.1, 0.15) is 0 Å². The van der Waals surface area contributed by atoms with Gasteiger partial charge >= 0.3 is 0 Å². The fraction of sp³-hybridized carbons (Fsp3) is 0.933. The third kappa shape index (κ3) is 4.93. The van der Waals surface area contributed by atoms with Crippen LogP contribution in [0.2, 0.25) is 0 Å². The molecule has 128 valence electrons. The summed E-state index contributed by atoms with van der Waals surface area (Å²) in [5, 5.41) is -0.235. The Hall–Kier alpha value is -0.660. The molecule has 0 aromatic carbocycles. The minimum atomic E-state index is -3.20. The summed E-state index contributed by atoms with van der Waals surface area (Å²) in [7, 11) is -3.20. The van der Waals surface area contributed by atoms with Gasteiger partial charge in [-0.25, -0.2) is 13.1 Å². The van der Waals surface area contributed by atoms with Crippen molar-refractivity contribution >= 4 is 15.9 Å². The van der Waals surface area contributed by atoms with Gasteiger partial charge in [0.25, 0.3) is 0 Å². The van der Waals surface area contributed by atoms with Crippen molar-refractivity contribution in [2.45, 2.75) is 69.1 Å². The zero-order chi connectivity index (χ0) is 16.0. The highest BCUT2D eigenvalue weighted by Gasteiger charge is 2.27. The highest BCUT2D eigenvalue weighted by atomic mass is 32.2. The maximum atomic E-state index is 12.2. The van der Waals surface area contributed by atoms with E-state index in [1.54, 1.807) is 0 Å². The first-order valence-electron chi connectivity index (χ1n) is 8.53. The van der Waals surface area contributed by atoms with Crippen LogP contribution in [-0.4, -0.2) is 50.2 Å². The number of carbonyl (C=O) groups is 1. The molecule has 2 rings (SSSR count). The number of carbonyl (C=O) groups excluding carboxylic acids is 1. The van der Waals surface area contributed by atoms with Crippen LogP contribution >= 0.6 is 0 Å². The van der Waals surface area contributed by atoms with Crippen LogP contribution in [0.5, 0.6) is 0 Å². The number of sulfonamides is 1. The Morgan fingerprint density at radius 2 is 1.77 bits per heavy atom. The molecule has 2 fully saturated rings. The molecule has 1 saturated heterocycles. The molecular formula is C15H29N3O3S. The first-order valence-corrected chi connectivity index (χ1v) is 10.1. The number of nitrogens with zero attached hydrogens (tertiary/aromatic N) is 1. The monoisotopic (exact) mass is 331 g/mol. The smallest absolute Gasteiger partial charge is 0.239 e. The highest BCUT2D eigenvalue weighted by Crippen LogP contribution is 2.23. The molecule has 1 atom stereocenters. The van der Waals surface area contributed by atoms with Crippen molar-refractivity contribution < 1.29 is 13.2 Å². The van der Waals surface area contributed by atoms with Gasteiger partial charge < -0.3 is 10.6 Å². The molecule has 1 amide bonds. The molecule has 6 nitrogen and oxygen atoms in total. The number of nitrogens with two attached hydrogens (primary N) is 1. The van der Waals surface area contributed by atoms with Crippen LogP contribution in [0.25, 0.3) is 0 Å². The summed E-state index contributed by atoms with van der Waals surface area (Å²) in [5.74, 6) is 0.00707. The molecular weight excluding hydrogens is 302 g/mol. The Morgan fingerprint density at radius 1 is 1.14 bits per heavy atom. The van der Waals surface area contributed by atoms with E-state index in [9.17, 15) is 13.2 Å². The number of rotatable bonds is 7. The zero-order valence-electron chi connectivity index (χ0n) is 13.3. The Kier molecular flexibility index (Phi) is 6.65. The first-order chi connectivity index (χ1) is 10.5. The van der Waals surface area contributed by atoms with Crippen molar-refractivity contribution in [1.29, 1.82) is 0 Å². The van der Waals surface area contributed by atoms with Gasteiger partial charge in [-0.05, 0) is 38.5 Å². The normalized spacial score (nSPS) is 22.0. The largest absolute Gasteiger partial charge is 0.341 e. The van der Waals surface area contributed by atoms with Crippen LogP contribution < -0.4 is 10.5 Å². The van der Waals surface area contributed by atoms with Gasteiger partial charge in [0, 0.05) is 19.6 Å². The minimum absolute atomic E-state index is 0.00707. The van der Waals surface area contributed by atoms with Gasteiger partial charge in [0.2, 0.25) is 15.9 Å². The Labute approximate surface area is 133 Å². The van der Waals surface area contributed by atoms with Gasteiger partial charge in [-0.3, -0.25) is 4.79 Å². The topological polar surface area (TPSA) is 92.5 Å². The van der Waals surface area contributed by atoms with Crippen molar-refractivity contribution in [2.75, 3.05) is 19.6 Å². The van der Waals surface area contributed by atoms with Crippen molar-refractivity contribution in [3.8, 4) is 0 Å². The first kappa shape index (κ1) is 17.7. The second kappa shape index (κ2) is 8.26. The van der Waals surface area contributed by atoms with E-state index in [0.29, 0.717) is 19.4 Å². The molecule has 0 bridgehead atoms. The van der Waals surface area contributed by atoms with Crippen LogP contribution in [0.1, 0.15) is 57.8 Å². The van der Waals surface area contributed by atoms with Crippen LogP contribution in [0.3, 0.4) is 0 Å². The standard InChI is InChI=1S/C15H29N3O3S/c16-14(15(19)18-11-4-5-12-18)9-6-10-17-22(20,21)13-7-2-1-3-8-13/h13-14,17H,1-12,16H2/t14-/m0/s1. The lowest BCUT2D eigenvalue weighted by Crippen LogP contribution is -2.43. The third-order valence-electron chi connectivity index (χ3n) is 4.72. The van der Waals surface area contributed by atoms with Crippen LogP contribution in [0, 0.1) is 0 Å². The predicted octanol–water partition coefficient (Wildman–Crippen LogP) is 0.968. The lowest BCUT2D eigenvalue weighted by molar-refractivity contribution is -0.131. The molecule has 0 radical (unpaired) electrons. The van der Waals surface area contributed by atoms with E-state index in [1.165, 1.54) is 0 Å². The molecule has 1 aliphatic carbocycles. The maximum Gasteiger partial charge on any atom is 0.239 e. The number of likely N-dealkylation sites (tertiary alicyclic amines) is 1. The molecule has 0 aromatic rings. The molecule has 2 aliphatic rings. The SMILES string of the molecule is N[C@@H](CCCNS(=O)(=O)C1CCCCC1)C(=O)N1CCCC1. The van der Waals surface area contributed by atoms with Crippen molar-refractivity contribution in [1.82, 2.24) is 9.62 Å². The number of hydrogen-bond donors (Lipinski definition) is 2. The summed E-state index contributed by atoms with van der Waals surface area (Å²) in [6, 6.07) is -0.503. The minimum Gasteiger partial charge on any atom is -0.341 e. The van der Waals surface area contributed by atoms with E-state index in [1.807, 2.05) is 4.90 Å². The molecule has 0 spiro atoms. The van der Waals surface area contributed by atoms with Gasteiger partial charge in [-0.1, -0.05) is 19.3 Å². The molecule has 3 N–H and O–H groups in total. The summed E-state index contributed by atoms with van der Waals surface area (Å²) in [4.78, 5) is 13.9. The van der Waals surface area contributed by atoms with E-state index in [0.717, 1.165) is 58.0 Å². The fourth-order valence-electron chi connectivity index (χ4n) is 3.33. The van der Waals surface area contributed by atoms with E-state index >= 15 is 0 Å². The molecule has 7 heteroatoms. The van der Waals surface area contributed by atoms with Gasteiger partial charge in [0.15, 0.2) is 0 Å². The predicted molar refractivity (Wildman–Crippen MR) is 86.8 cm³/mol. The zero-order valence-corrected chi connectivity index (χ0v) is 14.1. The summed E-state index contributed by atoms with van der Waals surface area (Å²) >= 11 is 0. The summed E-state index contributed by atoms with van der Waals surface area (Å²) < 4.78 is 27.0. The average Bonchev–Trinajstić information content (AvgIpc) is 3.06. The van der Waals surface area contributed by atoms with Gasteiger partial charge in [-0.2, -0.15) is 0 Å². The van der Waals surface area contributed by atoms with Gasteiger partial charge in [0.05, 0.1) is 11.3 Å². The number of amides is 1. The second-order valence-electron chi connectivity index (χ2n) is 6.48. The summed E-state index contributed by atoms with van der Waals surface area (Å²) in [6.45, 7) is 1.99. The van der Waals surface area contributed by atoms with Crippen molar-refractivity contribution in [3.05, 3.63) is 0 Å². The molecule has 22 heavy (non-hydrogen) atoms. The van der Waals surface area contributed by atoms with Crippen LogP contribution in [-0.2, 0) is 14.8 Å². The maximum absolute atomic E-state index is 12.2. The third-order valence-corrected chi connectivity index (χ3v) is 6.68. The highest BCUT2D eigenvalue weighted by molar-refractivity contribution is 7.90. The van der Waals surface area contributed by atoms with E-state index in [4.69, 9.17) is 5.73 Å². The molecule has 1 saturated carbocycles. The molecule has 1 aliphatic heterocycles. The van der Waals surface area contributed by atoms with Crippen LogP contribution in [0.15, 0.2) is 0 Å². The van der Waals surface area contributed by atoms with E-state index in [-0.39, 0.29) is 11.2 Å². The average molecular weight is 331 g/mol. The lowest BCUT2D eigenvalue weighted by Gasteiger charge is -2.22. The van der Waals surface area contributed by atoms with Crippen molar-refractivity contribution in [3.63, 3.8) is 0 Å². The lowest BCUT2D eigenvalue weighted by atomic mass is 10.0. The van der Waals surface area contributed by atoms with E-state index in [2.05, 4.69) is 4.72 Å². The summed E-state index contributed by atoms with van der Waals surface area (Å²) in [5.41, 5.74) is 5.92. The van der Waals surface area contributed by atoms with Crippen molar-refractivity contribution in [2.24, 2.45) is 5.73 Å². The second-order valence-corrected chi connectivity index (χ2v) is 8.53. The molecule has 1 heterocycles. The quantitative estimate of drug-likeness (QED) is 0.680. The van der Waals surface area contributed by atoms with Gasteiger partial charge in [-0.15, -0.1) is 0 Å². The fourth-order valence-corrected chi connectivity index (χ4v) is 4.94. The number of nitrogens with one attached hydrogen (secondary N) is 1. The Morgan fingerprint density at radius 3 is 2.41 bits per heavy atom. The van der Waals surface area contributed by atoms with E-state index < -0.39 is 16.1 Å². The Balaban J connectivity index is 1.66. The number of hydrogen-bond acceptors (Lipinski definition) is 4. The summed E-state index contributed by atoms with van der Waals surface area (Å²) in [6.07, 6.45) is 7.92. The van der Waals surface area contributed by atoms with Crippen LogP contribution in [0.4, 0.5) is 0 Å². The molecule has 0 unspecified atom stereocenters.